The fourth-order valence-corrected chi connectivity index (χ4v) is 1.83. The van der Waals surface area contributed by atoms with Gasteiger partial charge in [0.15, 0.2) is 0 Å². The number of rotatable bonds is 6. The van der Waals surface area contributed by atoms with Gasteiger partial charge in [-0.2, -0.15) is 0 Å². The Morgan fingerprint density at radius 3 is 2.94 bits per heavy atom. The third-order valence-electron chi connectivity index (χ3n) is 2.34. The fraction of sp³-hybridized carbons (Fsp3) is 0.636. The monoisotopic (exact) mass is 335 g/mol. The van der Waals surface area contributed by atoms with Gasteiger partial charge in [-0.3, -0.25) is 9.36 Å². The predicted octanol–water partition coefficient (Wildman–Crippen LogP) is 1.55. The molecular formula is C11H18IN3O. The Hall–Kier alpha value is -0.430. The standard InChI is InChI=1S/C11H18IN3O/c1-3-5-13-6-4-7-15-8-14-9(2)10(12)11(15)16/h8,13H,3-7H2,1-2H3. The minimum absolute atomic E-state index is 0.0728. The fourth-order valence-electron chi connectivity index (χ4n) is 1.38. The Bertz CT molecular complexity index is 389. The number of hydrogen-bond donors (Lipinski definition) is 1. The van der Waals surface area contributed by atoms with E-state index < -0.39 is 0 Å². The van der Waals surface area contributed by atoms with Gasteiger partial charge >= 0.3 is 0 Å². The maximum atomic E-state index is 11.8. The van der Waals surface area contributed by atoms with E-state index in [1.807, 2.05) is 6.92 Å². The minimum Gasteiger partial charge on any atom is -0.317 e. The predicted molar refractivity (Wildman–Crippen MR) is 73.7 cm³/mol. The number of aromatic nitrogens is 2. The van der Waals surface area contributed by atoms with Crippen LogP contribution in [0.15, 0.2) is 11.1 Å². The van der Waals surface area contributed by atoms with Crippen molar-refractivity contribution in [2.75, 3.05) is 13.1 Å². The van der Waals surface area contributed by atoms with Crippen LogP contribution in [0.1, 0.15) is 25.5 Å². The van der Waals surface area contributed by atoms with E-state index in [-0.39, 0.29) is 5.56 Å². The van der Waals surface area contributed by atoms with Crippen LogP contribution in [0.3, 0.4) is 0 Å². The lowest BCUT2D eigenvalue weighted by molar-refractivity contribution is 0.560. The summed E-state index contributed by atoms with van der Waals surface area (Å²) in [5.74, 6) is 0. The summed E-state index contributed by atoms with van der Waals surface area (Å²) in [6.07, 6.45) is 3.74. The summed E-state index contributed by atoms with van der Waals surface area (Å²) < 4.78 is 2.41. The number of hydrogen-bond acceptors (Lipinski definition) is 3. The van der Waals surface area contributed by atoms with Crippen LogP contribution < -0.4 is 10.9 Å². The number of aryl methyl sites for hydroxylation is 2. The largest absolute Gasteiger partial charge is 0.317 e. The van der Waals surface area contributed by atoms with Crippen molar-refractivity contribution in [1.82, 2.24) is 14.9 Å². The maximum Gasteiger partial charge on any atom is 0.266 e. The minimum atomic E-state index is 0.0728. The summed E-state index contributed by atoms with van der Waals surface area (Å²) in [6, 6.07) is 0. The molecule has 5 heteroatoms. The molecule has 1 aromatic rings. The van der Waals surface area contributed by atoms with E-state index in [9.17, 15) is 4.79 Å². The molecule has 0 amide bonds. The summed E-state index contributed by atoms with van der Waals surface area (Å²) in [6.45, 7) is 6.72. The van der Waals surface area contributed by atoms with Crippen molar-refractivity contribution < 1.29 is 0 Å². The Kier molecular flexibility index (Phi) is 5.97. The molecule has 0 atom stereocenters. The van der Waals surface area contributed by atoms with Crippen LogP contribution in [-0.4, -0.2) is 22.6 Å². The average molecular weight is 335 g/mol. The lowest BCUT2D eigenvalue weighted by Crippen LogP contribution is -2.26. The SMILES string of the molecule is CCCNCCCn1cnc(C)c(I)c1=O. The highest BCUT2D eigenvalue weighted by molar-refractivity contribution is 14.1. The van der Waals surface area contributed by atoms with Gasteiger partial charge in [0.25, 0.3) is 5.56 Å². The molecular weight excluding hydrogens is 317 g/mol. The van der Waals surface area contributed by atoms with Crippen molar-refractivity contribution in [3.63, 3.8) is 0 Å². The van der Waals surface area contributed by atoms with Gasteiger partial charge in [0, 0.05) is 6.54 Å². The molecule has 0 saturated heterocycles. The maximum absolute atomic E-state index is 11.8. The van der Waals surface area contributed by atoms with Crippen LogP contribution in [0.25, 0.3) is 0 Å². The van der Waals surface area contributed by atoms with Gasteiger partial charge in [0.1, 0.15) is 0 Å². The lowest BCUT2D eigenvalue weighted by Gasteiger charge is -2.07. The normalized spacial score (nSPS) is 10.7. The van der Waals surface area contributed by atoms with Crippen LogP contribution >= 0.6 is 22.6 Å². The second-order valence-corrected chi connectivity index (χ2v) is 4.82. The molecule has 0 aliphatic rings. The average Bonchev–Trinajstić information content (AvgIpc) is 2.28. The van der Waals surface area contributed by atoms with Crippen molar-refractivity contribution in [2.45, 2.75) is 33.2 Å². The molecule has 0 aromatic carbocycles. The molecule has 1 N–H and O–H groups in total. The third kappa shape index (κ3) is 3.86. The second-order valence-electron chi connectivity index (χ2n) is 3.75. The zero-order valence-electron chi connectivity index (χ0n) is 9.79. The van der Waals surface area contributed by atoms with Gasteiger partial charge in [0.2, 0.25) is 0 Å². The van der Waals surface area contributed by atoms with Crippen LogP contribution in [0.2, 0.25) is 0 Å². The highest BCUT2D eigenvalue weighted by Gasteiger charge is 2.04. The van der Waals surface area contributed by atoms with E-state index >= 15 is 0 Å². The summed E-state index contributed by atoms with van der Waals surface area (Å²) in [4.78, 5) is 16.0. The summed E-state index contributed by atoms with van der Waals surface area (Å²) >= 11 is 2.06. The van der Waals surface area contributed by atoms with Gasteiger partial charge in [-0.05, 0) is 55.4 Å². The van der Waals surface area contributed by atoms with Gasteiger partial charge < -0.3 is 5.32 Å². The highest BCUT2D eigenvalue weighted by atomic mass is 127. The molecule has 0 unspecified atom stereocenters. The molecule has 0 bridgehead atoms. The van der Waals surface area contributed by atoms with Crippen molar-refractivity contribution in [3.8, 4) is 0 Å². The van der Waals surface area contributed by atoms with Crippen molar-refractivity contribution in [1.29, 1.82) is 0 Å². The summed E-state index contributed by atoms with van der Waals surface area (Å²) in [7, 11) is 0. The van der Waals surface area contributed by atoms with Crippen molar-refractivity contribution >= 4 is 22.6 Å². The van der Waals surface area contributed by atoms with Crippen LogP contribution in [0.5, 0.6) is 0 Å². The molecule has 0 spiro atoms. The zero-order valence-corrected chi connectivity index (χ0v) is 12.0. The van der Waals surface area contributed by atoms with Crippen LogP contribution in [-0.2, 0) is 6.54 Å². The van der Waals surface area contributed by atoms with Crippen molar-refractivity contribution in [3.05, 3.63) is 25.9 Å². The first-order valence-electron chi connectivity index (χ1n) is 5.59. The molecule has 16 heavy (non-hydrogen) atoms. The van der Waals surface area contributed by atoms with Gasteiger partial charge in [-0.25, -0.2) is 4.98 Å². The quantitative estimate of drug-likeness (QED) is 0.634. The van der Waals surface area contributed by atoms with Gasteiger partial charge in [0.05, 0.1) is 15.6 Å². The second kappa shape index (κ2) is 7.01. The van der Waals surface area contributed by atoms with Gasteiger partial charge in [-0.1, -0.05) is 6.92 Å². The molecule has 90 valence electrons. The molecule has 0 saturated carbocycles. The Balaban J connectivity index is 2.49. The first-order valence-corrected chi connectivity index (χ1v) is 6.67. The lowest BCUT2D eigenvalue weighted by atomic mass is 10.4. The number of nitrogens with zero attached hydrogens (tertiary/aromatic N) is 2. The first-order chi connectivity index (χ1) is 7.66. The Morgan fingerprint density at radius 1 is 1.50 bits per heavy atom. The Labute approximate surface area is 110 Å². The summed E-state index contributed by atoms with van der Waals surface area (Å²) in [5.41, 5.74) is 0.884. The summed E-state index contributed by atoms with van der Waals surface area (Å²) in [5, 5.41) is 3.31. The van der Waals surface area contributed by atoms with E-state index in [0.29, 0.717) is 0 Å². The third-order valence-corrected chi connectivity index (χ3v) is 3.58. The van der Waals surface area contributed by atoms with Crippen molar-refractivity contribution in [2.24, 2.45) is 0 Å². The van der Waals surface area contributed by atoms with Crippen LogP contribution in [0.4, 0.5) is 0 Å². The molecule has 4 nitrogen and oxygen atoms in total. The molecule has 1 rings (SSSR count). The van der Waals surface area contributed by atoms with E-state index in [2.05, 4.69) is 39.8 Å². The molecule has 1 aromatic heterocycles. The van der Waals surface area contributed by atoms with E-state index in [1.165, 1.54) is 0 Å². The molecule has 0 aliphatic heterocycles. The Morgan fingerprint density at radius 2 is 2.25 bits per heavy atom. The van der Waals surface area contributed by atoms with E-state index in [0.717, 1.165) is 41.7 Å². The molecule has 0 aliphatic carbocycles. The smallest absolute Gasteiger partial charge is 0.266 e. The zero-order chi connectivity index (χ0) is 12.0. The molecule has 0 fully saturated rings. The first kappa shape index (κ1) is 13.6. The van der Waals surface area contributed by atoms with E-state index in [4.69, 9.17) is 0 Å². The molecule has 1 heterocycles. The topological polar surface area (TPSA) is 46.9 Å². The van der Waals surface area contributed by atoms with Crippen LogP contribution in [0, 0.1) is 10.5 Å². The highest BCUT2D eigenvalue weighted by Crippen LogP contribution is 2.01. The van der Waals surface area contributed by atoms with Gasteiger partial charge in [-0.15, -0.1) is 0 Å². The number of halogens is 1. The number of nitrogens with one attached hydrogen (secondary N) is 1. The molecule has 0 radical (unpaired) electrons. The van der Waals surface area contributed by atoms with E-state index in [1.54, 1.807) is 10.9 Å².